The summed E-state index contributed by atoms with van der Waals surface area (Å²) in [4.78, 5) is 12.5. The molecule has 29 heavy (non-hydrogen) atoms. The Hall–Kier alpha value is -3.32. The molecule has 0 aliphatic heterocycles. The third kappa shape index (κ3) is 5.36. The van der Waals surface area contributed by atoms with Crippen molar-refractivity contribution in [3.05, 3.63) is 102 Å². The van der Waals surface area contributed by atoms with E-state index in [-0.39, 0.29) is 5.69 Å². The summed E-state index contributed by atoms with van der Waals surface area (Å²) in [5, 5.41) is 5.38. The molecule has 0 radical (unpaired) electrons. The molecule has 0 saturated carbocycles. The molecular formula is C22H20F3N3O. The summed E-state index contributed by atoms with van der Waals surface area (Å²) >= 11 is 0. The molecule has 0 heterocycles. The predicted molar refractivity (Wildman–Crippen MR) is 106 cm³/mol. The Morgan fingerprint density at radius 1 is 0.793 bits per heavy atom. The number of nitrogens with two attached hydrogens (primary N) is 1. The van der Waals surface area contributed by atoms with Crippen LogP contribution in [0.1, 0.15) is 28.8 Å². The van der Waals surface area contributed by atoms with Gasteiger partial charge in [0.05, 0.1) is 17.6 Å². The molecule has 2 atom stereocenters. The number of carbonyl (C=O) groups is 1. The molecule has 4 nitrogen and oxygen atoms in total. The second kappa shape index (κ2) is 8.79. The van der Waals surface area contributed by atoms with Gasteiger partial charge in [0.25, 0.3) is 0 Å². The molecule has 4 N–H and O–H groups in total. The van der Waals surface area contributed by atoms with Gasteiger partial charge in [-0.3, -0.25) is 0 Å². The monoisotopic (exact) mass is 399 g/mol. The van der Waals surface area contributed by atoms with Crippen molar-refractivity contribution < 1.29 is 18.0 Å². The second-order valence-electron chi connectivity index (χ2n) is 6.50. The van der Waals surface area contributed by atoms with Gasteiger partial charge in [-0.25, -0.2) is 4.79 Å². The van der Waals surface area contributed by atoms with E-state index < -0.39 is 29.9 Å². The van der Waals surface area contributed by atoms with Crippen molar-refractivity contribution in [1.29, 1.82) is 0 Å². The Kier molecular flexibility index (Phi) is 6.19. The zero-order valence-electron chi connectivity index (χ0n) is 15.4. The van der Waals surface area contributed by atoms with Crippen LogP contribution in [0.25, 0.3) is 0 Å². The normalized spacial score (nSPS) is 13.4. The summed E-state index contributed by atoms with van der Waals surface area (Å²) in [6, 6.07) is 21.2. The van der Waals surface area contributed by atoms with Crippen LogP contribution in [0.4, 0.5) is 23.7 Å². The van der Waals surface area contributed by atoms with Crippen molar-refractivity contribution in [2.75, 3.05) is 5.32 Å². The number of amides is 2. The van der Waals surface area contributed by atoms with Crippen LogP contribution in [0.5, 0.6) is 0 Å². The van der Waals surface area contributed by atoms with Gasteiger partial charge in [-0.2, -0.15) is 13.2 Å². The molecule has 3 aromatic carbocycles. The number of carbonyl (C=O) groups excluding carboxylic acids is 1. The Labute approximate surface area is 166 Å². The molecule has 0 aliphatic carbocycles. The van der Waals surface area contributed by atoms with E-state index in [2.05, 4.69) is 10.6 Å². The van der Waals surface area contributed by atoms with Crippen LogP contribution in [-0.4, -0.2) is 6.03 Å². The van der Waals surface area contributed by atoms with Crippen molar-refractivity contribution in [2.24, 2.45) is 5.73 Å². The third-order valence-corrected chi connectivity index (χ3v) is 4.46. The van der Waals surface area contributed by atoms with E-state index in [0.29, 0.717) is 0 Å². The predicted octanol–water partition coefficient (Wildman–Crippen LogP) is 5.27. The fourth-order valence-corrected chi connectivity index (χ4v) is 2.96. The fourth-order valence-electron chi connectivity index (χ4n) is 2.96. The van der Waals surface area contributed by atoms with Crippen LogP contribution in [-0.2, 0) is 6.18 Å². The van der Waals surface area contributed by atoms with Crippen LogP contribution >= 0.6 is 0 Å². The van der Waals surface area contributed by atoms with Gasteiger partial charge in [0.2, 0.25) is 0 Å². The number of nitrogens with one attached hydrogen (secondary N) is 2. The first-order valence-corrected chi connectivity index (χ1v) is 8.95. The molecule has 0 aromatic heterocycles. The smallest absolute Gasteiger partial charge is 0.329 e. The summed E-state index contributed by atoms with van der Waals surface area (Å²) in [5.74, 6) is 0. The van der Waals surface area contributed by atoms with E-state index in [1.807, 2.05) is 60.7 Å². The highest BCUT2D eigenvalue weighted by molar-refractivity contribution is 5.89. The van der Waals surface area contributed by atoms with Crippen molar-refractivity contribution in [2.45, 2.75) is 18.3 Å². The van der Waals surface area contributed by atoms with Gasteiger partial charge in [0, 0.05) is 5.69 Å². The number of alkyl halides is 3. The Balaban J connectivity index is 1.76. The maximum absolute atomic E-state index is 12.7. The maximum Gasteiger partial charge on any atom is 0.416 e. The zero-order chi connectivity index (χ0) is 20.9. The van der Waals surface area contributed by atoms with Gasteiger partial charge in [0.15, 0.2) is 0 Å². The van der Waals surface area contributed by atoms with Crippen LogP contribution in [0.2, 0.25) is 0 Å². The van der Waals surface area contributed by atoms with Gasteiger partial charge in [-0.05, 0) is 35.4 Å². The summed E-state index contributed by atoms with van der Waals surface area (Å²) in [5.41, 5.74) is 7.53. The highest BCUT2D eigenvalue weighted by Gasteiger charge is 2.30. The molecule has 2 unspecified atom stereocenters. The van der Waals surface area contributed by atoms with Crippen molar-refractivity contribution in [3.8, 4) is 0 Å². The number of benzene rings is 3. The summed E-state index contributed by atoms with van der Waals surface area (Å²) in [7, 11) is 0. The van der Waals surface area contributed by atoms with E-state index in [4.69, 9.17) is 5.73 Å². The van der Waals surface area contributed by atoms with Crippen molar-refractivity contribution in [1.82, 2.24) is 5.32 Å². The lowest BCUT2D eigenvalue weighted by molar-refractivity contribution is -0.137. The van der Waals surface area contributed by atoms with Gasteiger partial charge >= 0.3 is 12.2 Å². The topological polar surface area (TPSA) is 67.1 Å². The molecule has 0 bridgehead atoms. The maximum atomic E-state index is 12.7. The molecule has 2 amide bonds. The first-order chi connectivity index (χ1) is 13.8. The highest BCUT2D eigenvalue weighted by atomic mass is 19.4. The minimum Gasteiger partial charge on any atom is -0.329 e. The molecule has 0 aliphatic rings. The number of hydrogen-bond acceptors (Lipinski definition) is 2. The third-order valence-electron chi connectivity index (χ3n) is 4.46. The largest absolute Gasteiger partial charge is 0.416 e. The first-order valence-electron chi connectivity index (χ1n) is 8.95. The number of rotatable bonds is 5. The molecule has 7 heteroatoms. The molecular weight excluding hydrogens is 379 g/mol. The minimum absolute atomic E-state index is 0.246. The van der Waals surface area contributed by atoms with Gasteiger partial charge in [-0.1, -0.05) is 60.7 Å². The summed E-state index contributed by atoms with van der Waals surface area (Å²) in [6.07, 6.45) is -4.43. The van der Waals surface area contributed by atoms with E-state index >= 15 is 0 Å². The average Bonchev–Trinajstić information content (AvgIpc) is 2.72. The molecule has 150 valence electrons. The van der Waals surface area contributed by atoms with Gasteiger partial charge < -0.3 is 16.4 Å². The summed E-state index contributed by atoms with van der Waals surface area (Å²) < 4.78 is 38.0. The zero-order valence-corrected chi connectivity index (χ0v) is 15.4. The lowest BCUT2D eigenvalue weighted by atomic mass is 9.94. The molecule has 3 aromatic rings. The lowest BCUT2D eigenvalue weighted by Crippen LogP contribution is -2.38. The Morgan fingerprint density at radius 3 is 1.83 bits per heavy atom. The van der Waals surface area contributed by atoms with Crippen LogP contribution in [0.3, 0.4) is 0 Å². The Morgan fingerprint density at radius 2 is 1.31 bits per heavy atom. The number of anilines is 1. The standard InChI is InChI=1S/C22H20F3N3O/c23-22(24,25)17-11-13-18(14-12-17)27-21(29)28-20(16-9-5-2-6-10-16)19(26)15-7-3-1-4-8-15/h1-14,19-20H,26H2,(H2,27,28,29). The van der Waals surface area contributed by atoms with Crippen molar-refractivity contribution >= 4 is 11.7 Å². The highest BCUT2D eigenvalue weighted by Crippen LogP contribution is 2.30. The molecule has 0 spiro atoms. The number of urea groups is 1. The lowest BCUT2D eigenvalue weighted by Gasteiger charge is -2.26. The van der Waals surface area contributed by atoms with Crippen LogP contribution < -0.4 is 16.4 Å². The van der Waals surface area contributed by atoms with E-state index in [1.165, 1.54) is 12.1 Å². The van der Waals surface area contributed by atoms with Crippen LogP contribution in [0.15, 0.2) is 84.9 Å². The van der Waals surface area contributed by atoms with E-state index in [1.54, 1.807) is 0 Å². The fraction of sp³-hybridized carbons (Fsp3) is 0.136. The minimum atomic E-state index is -4.43. The Bertz CT molecular complexity index is 929. The van der Waals surface area contributed by atoms with Gasteiger partial charge in [-0.15, -0.1) is 0 Å². The molecule has 0 saturated heterocycles. The van der Waals surface area contributed by atoms with Gasteiger partial charge in [0.1, 0.15) is 0 Å². The molecule has 3 rings (SSSR count). The average molecular weight is 399 g/mol. The van der Waals surface area contributed by atoms with E-state index in [0.717, 1.165) is 23.3 Å². The quantitative estimate of drug-likeness (QED) is 0.547. The number of halogens is 3. The van der Waals surface area contributed by atoms with Crippen molar-refractivity contribution in [3.63, 3.8) is 0 Å². The first kappa shape index (κ1) is 20.4. The SMILES string of the molecule is NC(c1ccccc1)C(NC(=O)Nc1ccc(C(F)(F)F)cc1)c1ccccc1. The number of hydrogen-bond donors (Lipinski definition) is 3. The second-order valence-corrected chi connectivity index (χ2v) is 6.50. The molecule has 0 fully saturated rings. The van der Waals surface area contributed by atoms with Crippen LogP contribution in [0, 0.1) is 0 Å². The summed E-state index contributed by atoms with van der Waals surface area (Å²) in [6.45, 7) is 0. The van der Waals surface area contributed by atoms with E-state index in [9.17, 15) is 18.0 Å².